The summed E-state index contributed by atoms with van der Waals surface area (Å²) in [5.41, 5.74) is 0.770. The van der Waals surface area contributed by atoms with Crippen molar-refractivity contribution in [3.63, 3.8) is 0 Å². The second-order valence-corrected chi connectivity index (χ2v) is 6.67. The summed E-state index contributed by atoms with van der Waals surface area (Å²) >= 11 is 0. The standard InChI is InChI=1S/C19H20N2O6/c1-12-2-4-14(6-20-12)27-15-10-24-16-7-21(8-17(16)25-11-15)19(23)13-3-5-18(22)26-9-13/h2-6,9,15-17H,7-8,10-11H2,1H3/t16-,17-/m0/s1. The van der Waals surface area contributed by atoms with E-state index in [2.05, 4.69) is 4.98 Å². The molecule has 0 radical (unpaired) electrons. The summed E-state index contributed by atoms with van der Waals surface area (Å²) in [6.45, 7) is 3.50. The van der Waals surface area contributed by atoms with Gasteiger partial charge in [0.05, 0.1) is 25.0 Å². The largest absolute Gasteiger partial charge is 0.484 e. The van der Waals surface area contributed by atoms with E-state index in [9.17, 15) is 9.59 Å². The number of ether oxygens (including phenoxy) is 3. The van der Waals surface area contributed by atoms with Gasteiger partial charge in [0.1, 0.15) is 30.3 Å². The predicted octanol–water partition coefficient (Wildman–Crippen LogP) is 1.03. The summed E-state index contributed by atoms with van der Waals surface area (Å²) < 4.78 is 22.5. The molecule has 2 saturated heterocycles. The minimum atomic E-state index is -0.486. The molecule has 0 aromatic carbocycles. The fourth-order valence-electron chi connectivity index (χ4n) is 3.19. The zero-order valence-electron chi connectivity index (χ0n) is 14.9. The molecular weight excluding hydrogens is 352 g/mol. The van der Waals surface area contributed by atoms with Crippen molar-refractivity contribution in [2.45, 2.75) is 25.2 Å². The average Bonchev–Trinajstić information content (AvgIpc) is 3.00. The molecule has 0 saturated carbocycles. The van der Waals surface area contributed by atoms with Gasteiger partial charge in [0.25, 0.3) is 5.91 Å². The maximum atomic E-state index is 12.5. The van der Waals surface area contributed by atoms with Crippen LogP contribution in [0.2, 0.25) is 0 Å². The summed E-state index contributed by atoms with van der Waals surface area (Å²) in [5.74, 6) is 0.463. The second kappa shape index (κ2) is 7.50. The van der Waals surface area contributed by atoms with Gasteiger partial charge in [-0.25, -0.2) is 4.79 Å². The van der Waals surface area contributed by atoms with Crippen molar-refractivity contribution in [2.24, 2.45) is 0 Å². The molecule has 1 amide bonds. The zero-order chi connectivity index (χ0) is 18.8. The van der Waals surface area contributed by atoms with Gasteiger partial charge in [-0.3, -0.25) is 9.78 Å². The molecule has 27 heavy (non-hydrogen) atoms. The Balaban J connectivity index is 1.34. The summed E-state index contributed by atoms with van der Waals surface area (Å²) in [7, 11) is 0. The van der Waals surface area contributed by atoms with Crippen LogP contribution in [0.25, 0.3) is 0 Å². The number of carbonyl (C=O) groups is 1. The Labute approximate surface area is 155 Å². The molecule has 2 aromatic rings. The van der Waals surface area contributed by atoms with E-state index in [0.29, 0.717) is 37.6 Å². The van der Waals surface area contributed by atoms with Crippen molar-refractivity contribution in [2.75, 3.05) is 26.3 Å². The molecule has 2 aliphatic rings. The number of aryl methyl sites for hydroxylation is 1. The number of likely N-dealkylation sites (tertiary alicyclic amines) is 1. The van der Waals surface area contributed by atoms with Gasteiger partial charge in [0.15, 0.2) is 0 Å². The lowest BCUT2D eigenvalue weighted by atomic mass is 10.2. The fraction of sp³-hybridized carbons (Fsp3) is 0.421. The van der Waals surface area contributed by atoms with Crippen molar-refractivity contribution < 1.29 is 23.4 Å². The van der Waals surface area contributed by atoms with Gasteiger partial charge < -0.3 is 23.5 Å². The van der Waals surface area contributed by atoms with Crippen LogP contribution in [0, 0.1) is 6.92 Å². The third-order valence-corrected chi connectivity index (χ3v) is 4.63. The van der Waals surface area contributed by atoms with Crippen molar-refractivity contribution in [3.05, 3.63) is 58.4 Å². The van der Waals surface area contributed by atoms with E-state index >= 15 is 0 Å². The van der Waals surface area contributed by atoms with E-state index in [0.717, 1.165) is 5.69 Å². The molecule has 0 N–H and O–H groups in total. The Morgan fingerprint density at radius 1 is 1.15 bits per heavy atom. The molecular formula is C19H20N2O6. The van der Waals surface area contributed by atoms with Crippen LogP contribution in [-0.2, 0) is 9.47 Å². The number of hydrogen-bond acceptors (Lipinski definition) is 7. The molecule has 2 atom stereocenters. The van der Waals surface area contributed by atoms with E-state index in [-0.39, 0.29) is 24.2 Å². The van der Waals surface area contributed by atoms with Crippen molar-refractivity contribution in [1.29, 1.82) is 0 Å². The Morgan fingerprint density at radius 3 is 2.48 bits per heavy atom. The lowest BCUT2D eigenvalue weighted by Gasteiger charge is -2.19. The summed E-state index contributed by atoms with van der Waals surface area (Å²) in [6.07, 6.45) is 2.20. The van der Waals surface area contributed by atoms with Crippen LogP contribution < -0.4 is 10.4 Å². The number of pyridine rings is 1. The molecule has 4 heterocycles. The Bertz CT molecular complexity index is 829. The lowest BCUT2D eigenvalue weighted by molar-refractivity contribution is -0.00461. The van der Waals surface area contributed by atoms with Gasteiger partial charge in [0.2, 0.25) is 0 Å². The van der Waals surface area contributed by atoms with Gasteiger partial charge in [-0.15, -0.1) is 0 Å². The molecule has 142 valence electrons. The summed E-state index contributed by atoms with van der Waals surface area (Å²) in [5, 5.41) is 0. The third kappa shape index (κ3) is 4.01. The minimum Gasteiger partial charge on any atom is -0.484 e. The maximum Gasteiger partial charge on any atom is 0.335 e. The van der Waals surface area contributed by atoms with Crippen LogP contribution in [0.3, 0.4) is 0 Å². The highest BCUT2D eigenvalue weighted by atomic mass is 16.6. The number of aromatic nitrogens is 1. The normalized spacial score (nSPS) is 22.9. The van der Waals surface area contributed by atoms with Crippen molar-refractivity contribution in [3.8, 4) is 5.75 Å². The number of rotatable bonds is 3. The van der Waals surface area contributed by atoms with Crippen LogP contribution in [-0.4, -0.2) is 60.4 Å². The Morgan fingerprint density at radius 2 is 1.89 bits per heavy atom. The highest BCUT2D eigenvalue weighted by molar-refractivity contribution is 5.94. The van der Waals surface area contributed by atoms with Gasteiger partial charge in [-0.2, -0.15) is 0 Å². The quantitative estimate of drug-likeness (QED) is 0.795. The van der Waals surface area contributed by atoms with Crippen LogP contribution in [0.1, 0.15) is 16.1 Å². The summed E-state index contributed by atoms with van der Waals surface area (Å²) in [6, 6.07) is 6.45. The monoisotopic (exact) mass is 372 g/mol. The third-order valence-electron chi connectivity index (χ3n) is 4.63. The minimum absolute atomic E-state index is 0.211. The average molecular weight is 372 g/mol. The molecule has 8 heteroatoms. The molecule has 8 nitrogen and oxygen atoms in total. The first-order valence-corrected chi connectivity index (χ1v) is 8.79. The lowest BCUT2D eigenvalue weighted by Crippen LogP contribution is -2.33. The molecule has 0 bridgehead atoms. The van der Waals surface area contributed by atoms with E-state index in [4.69, 9.17) is 18.6 Å². The number of nitrogens with zero attached hydrogens (tertiary/aromatic N) is 2. The maximum absolute atomic E-state index is 12.5. The number of amides is 1. The van der Waals surface area contributed by atoms with Crippen LogP contribution in [0.15, 0.2) is 45.9 Å². The van der Waals surface area contributed by atoms with Gasteiger partial charge in [-0.1, -0.05) is 0 Å². The number of carbonyl (C=O) groups excluding carboxylic acids is 1. The molecule has 2 aliphatic heterocycles. The van der Waals surface area contributed by atoms with Crippen LogP contribution in [0.4, 0.5) is 0 Å². The topological polar surface area (TPSA) is 91.1 Å². The molecule has 0 unspecified atom stereocenters. The predicted molar refractivity (Wildman–Crippen MR) is 93.8 cm³/mol. The Hall–Kier alpha value is -2.71. The molecule has 0 spiro atoms. The second-order valence-electron chi connectivity index (χ2n) is 6.67. The van der Waals surface area contributed by atoms with E-state index in [1.807, 2.05) is 19.1 Å². The first kappa shape index (κ1) is 17.7. The zero-order valence-corrected chi connectivity index (χ0v) is 14.9. The highest BCUT2D eigenvalue weighted by Gasteiger charge is 2.40. The SMILES string of the molecule is Cc1ccc(OC2CO[C@H]3CN(C(=O)c4ccc(=O)oc4)C[C@@H]3OC2)cn1. The van der Waals surface area contributed by atoms with Crippen LogP contribution in [0.5, 0.6) is 5.75 Å². The van der Waals surface area contributed by atoms with Gasteiger partial charge in [0, 0.05) is 24.8 Å². The van der Waals surface area contributed by atoms with Crippen molar-refractivity contribution >= 4 is 5.91 Å². The van der Waals surface area contributed by atoms with E-state index in [1.165, 1.54) is 18.4 Å². The van der Waals surface area contributed by atoms with E-state index < -0.39 is 5.63 Å². The molecule has 2 aromatic heterocycles. The van der Waals surface area contributed by atoms with Crippen LogP contribution >= 0.6 is 0 Å². The van der Waals surface area contributed by atoms with Gasteiger partial charge in [-0.05, 0) is 25.1 Å². The van der Waals surface area contributed by atoms with E-state index in [1.54, 1.807) is 11.1 Å². The molecule has 2 fully saturated rings. The molecule has 0 aliphatic carbocycles. The first-order chi connectivity index (χ1) is 13.1. The molecule has 4 rings (SSSR count). The Kier molecular flexibility index (Phi) is 4.91. The summed E-state index contributed by atoms with van der Waals surface area (Å²) in [4.78, 5) is 29.4. The number of hydrogen-bond donors (Lipinski definition) is 0. The fourth-order valence-corrected chi connectivity index (χ4v) is 3.19. The first-order valence-electron chi connectivity index (χ1n) is 8.79. The number of fused-ring (bicyclic) bond motifs is 1. The van der Waals surface area contributed by atoms with Crippen molar-refractivity contribution in [1.82, 2.24) is 9.88 Å². The van der Waals surface area contributed by atoms with Gasteiger partial charge >= 0.3 is 5.63 Å². The highest BCUT2D eigenvalue weighted by Crippen LogP contribution is 2.23. The smallest absolute Gasteiger partial charge is 0.335 e.